The second kappa shape index (κ2) is 10.0. The maximum Gasteiger partial charge on any atom is 0.258 e. The Hall–Kier alpha value is -3.20. The van der Waals surface area contributed by atoms with Crippen LogP contribution in [0.25, 0.3) is 10.9 Å². The maximum absolute atomic E-state index is 13.4. The molecule has 2 aromatic carbocycles. The number of phenolic OH excluding ortho intramolecular Hbond substituents is 1. The molecule has 0 unspecified atom stereocenters. The highest BCUT2D eigenvalue weighted by atomic mass is 19.3. The molecular weight excluding hydrogens is 466 g/mol. The third kappa shape index (κ3) is 5.46. The van der Waals surface area contributed by atoms with Gasteiger partial charge in [0.1, 0.15) is 18.1 Å². The maximum atomic E-state index is 13.4. The number of ether oxygens (including phenoxy) is 1. The number of piperidine rings is 1. The van der Waals surface area contributed by atoms with E-state index in [1.54, 1.807) is 11.0 Å². The van der Waals surface area contributed by atoms with Gasteiger partial charge in [0.25, 0.3) is 5.91 Å². The lowest BCUT2D eigenvalue weighted by molar-refractivity contribution is 0.0131. The largest absolute Gasteiger partial charge is 0.507 e. The van der Waals surface area contributed by atoms with Crippen molar-refractivity contribution in [2.45, 2.75) is 58.0 Å². The minimum absolute atomic E-state index is 0.0671. The molecule has 1 amide bonds. The van der Waals surface area contributed by atoms with E-state index >= 15 is 0 Å². The van der Waals surface area contributed by atoms with Crippen molar-refractivity contribution in [3.63, 3.8) is 0 Å². The minimum atomic E-state index is -2.81. The zero-order valence-corrected chi connectivity index (χ0v) is 20.5. The van der Waals surface area contributed by atoms with Crippen LogP contribution in [0.2, 0.25) is 0 Å². The number of hydrogen-bond donors (Lipinski definition) is 2. The number of hydrogen-bond acceptors (Lipinski definition) is 5. The molecular formula is C27H32F2N4O3. The lowest BCUT2D eigenvalue weighted by atomic mass is 10.0. The summed E-state index contributed by atoms with van der Waals surface area (Å²) in [6, 6.07) is 8.90. The first kappa shape index (κ1) is 24.5. The number of carbonyl (C=O) groups excluding carboxylic acids is 1. The van der Waals surface area contributed by atoms with Crippen molar-refractivity contribution in [3.05, 3.63) is 52.7 Å². The van der Waals surface area contributed by atoms with E-state index < -0.39 is 5.92 Å². The molecule has 3 heterocycles. The number of nitrogens with zero attached hydrogens (tertiary/aromatic N) is 3. The normalized spacial score (nSPS) is 16.5. The number of nitrogens with one attached hydrogen (secondary N) is 1. The number of amides is 1. The van der Waals surface area contributed by atoms with E-state index in [1.807, 2.05) is 18.2 Å². The molecule has 0 bridgehead atoms. The van der Waals surface area contributed by atoms with E-state index in [-0.39, 0.29) is 30.1 Å². The Labute approximate surface area is 209 Å². The number of carbonyl (C=O) groups is 1. The van der Waals surface area contributed by atoms with Crippen LogP contribution in [0.15, 0.2) is 30.3 Å². The fourth-order valence-corrected chi connectivity index (χ4v) is 5.06. The van der Waals surface area contributed by atoms with E-state index in [2.05, 4.69) is 15.1 Å². The molecule has 1 saturated heterocycles. The number of halogens is 2. The number of aryl methyl sites for hydroxylation is 1. The quantitative estimate of drug-likeness (QED) is 0.463. The second-order valence-corrected chi connectivity index (χ2v) is 10.00. The van der Waals surface area contributed by atoms with Gasteiger partial charge < -0.3 is 14.7 Å². The highest BCUT2D eigenvalue weighted by Gasteiger charge is 2.28. The van der Waals surface area contributed by atoms with Gasteiger partial charge in [0.15, 0.2) is 0 Å². The molecule has 2 aliphatic rings. The summed E-state index contributed by atoms with van der Waals surface area (Å²) >= 11 is 0. The number of rotatable bonds is 8. The molecule has 0 spiro atoms. The number of H-pyrrole nitrogens is 1. The van der Waals surface area contributed by atoms with E-state index in [4.69, 9.17) is 4.74 Å². The highest BCUT2D eigenvalue weighted by molar-refractivity contribution is 6.01. The van der Waals surface area contributed by atoms with Gasteiger partial charge in [0.2, 0.25) is 5.92 Å². The van der Waals surface area contributed by atoms with Crippen LogP contribution < -0.4 is 4.74 Å². The van der Waals surface area contributed by atoms with E-state index in [0.717, 1.165) is 43.4 Å². The van der Waals surface area contributed by atoms with Crippen LogP contribution in [-0.4, -0.2) is 63.2 Å². The van der Waals surface area contributed by atoms with Gasteiger partial charge in [-0.25, -0.2) is 8.78 Å². The summed E-state index contributed by atoms with van der Waals surface area (Å²) in [6.07, 6.45) is 3.53. The first-order valence-electron chi connectivity index (χ1n) is 12.6. The van der Waals surface area contributed by atoms with Crippen LogP contribution >= 0.6 is 0 Å². The third-order valence-electron chi connectivity index (χ3n) is 7.10. The van der Waals surface area contributed by atoms with Gasteiger partial charge in [-0.2, -0.15) is 5.10 Å². The van der Waals surface area contributed by atoms with Crippen molar-refractivity contribution in [3.8, 4) is 11.5 Å². The zero-order chi connectivity index (χ0) is 25.3. The van der Waals surface area contributed by atoms with Crippen LogP contribution in [-0.2, 0) is 19.5 Å². The van der Waals surface area contributed by atoms with Crippen LogP contribution in [0.1, 0.15) is 59.8 Å². The summed E-state index contributed by atoms with van der Waals surface area (Å²) in [5, 5.41) is 18.0. The summed E-state index contributed by atoms with van der Waals surface area (Å²) in [4.78, 5) is 17.4. The predicted octanol–water partition coefficient (Wildman–Crippen LogP) is 4.88. The summed E-state index contributed by atoms with van der Waals surface area (Å²) in [6.45, 7) is 5.53. The number of alkyl halides is 2. The molecule has 1 aromatic heterocycles. The topological polar surface area (TPSA) is 81.7 Å². The summed E-state index contributed by atoms with van der Waals surface area (Å²) in [5.41, 5.74) is 3.17. The van der Waals surface area contributed by atoms with Crippen LogP contribution in [0, 0.1) is 0 Å². The van der Waals surface area contributed by atoms with Crippen LogP contribution in [0.3, 0.4) is 0 Å². The van der Waals surface area contributed by atoms with Gasteiger partial charge in [0.05, 0.1) is 16.8 Å². The second-order valence-electron chi connectivity index (χ2n) is 10.00. The number of aromatic amines is 1. The highest BCUT2D eigenvalue weighted by Crippen LogP contribution is 2.32. The standard InChI is InChI=1S/C27H32F2N4O3/c1-27(28,29)8-7-23-21-14-22(25(34)15-24(21)31-30-23)26(35)33-16-18-5-6-20(13-19(18)17-33)36-12-11-32-9-3-2-4-10-32/h5-6,13-15,34H,2-4,7-12,16-17H2,1H3,(H,30,31). The Morgan fingerprint density at radius 3 is 2.69 bits per heavy atom. The third-order valence-corrected chi connectivity index (χ3v) is 7.10. The summed E-state index contributed by atoms with van der Waals surface area (Å²) in [7, 11) is 0. The molecule has 3 aromatic rings. The first-order chi connectivity index (χ1) is 17.3. The van der Waals surface area contributed by atoms with Gasteiger partial charge >= 0.3 is 0 Å². The molecule has 0 atom stereocenters. The van der Waals surface area contributed by atoms with Gasteiger partial charge in [-0.1, -0.05) is 12.5 Å². The van der Waals surface area contributed by atoms with E-state index in [9.17, 15) is 18.7 Å². The van der Waals surface area contributed by atoms with E-state index in [1.165, 1.54) is 25.3 Å². The Bertz CT molecular complexity index is 1250. The number of benzene rings is 2. The lowest BCUT2D eigenvalue weighted by Crippen LogP contribution is -2.33. The van der Waals surface area contributed by atoms with Crippen molar-refractivity contribution in [1.82, 2.24) is 20.0 Å². The van der Waals surface area contributed by atoms with Gasteiger partial charge in [-0.15, -0.1) is 0 Å². The number of aromatic nitrogens is 2. The van der Waals surface area contributed by atoms with Crippen molar-refractivity contribution in [2.24, 2.45) is 0 Å². The van der Waals surface area contributed by atoms with Crippen LogP contribution in [0.5, 0.6) is 11.5 Å². The fraction of sp³-hybridized carbons (Fsp3) is 0.481. The van der Waals surface area contributed by atoms with Crippen LogP contribution in [0.4, 0.5) is 8.78 Å². The molecule has 1 fully saturated rings. The van der Waals surface area contributed by atoms with Crippen molar-refractivity contribution in [1.29, 1.82) is 0 Å². The number of phenols is 1. The van der Waals surface area contributed by atoms with Gasteiger partial charge in [-0.05, 0) is 68.6 Å². The van der Waals surface area contributed by atoms with E-state index in [0.29, 0.717) is 36.3 Å². The molecule has 9 heteroatoms. The van der Waals surface area contributed by atoms with Crippen molar-refractivity contribution in [2.75, 3.05) is 26.2 Å². The molecule has 0 aliphatic carbocycles. The van der Waals surface area contributed by atoms with Gasteiger partial charge in [0, 0.05) is 37.5 Å². The monoisotopic (exact) mass is 498 g/mol. The Morgan fingerprint density at radius 2 is 1.92 bits per heavy atom. The van der Waals surface area contributed by atoms with Crippen molar-refractivity contribution < 1.29 is 23.4 Å². The SMILES string of the molecule is CC(F)(F)CCc1n[nH]c2cc(O)c(C(=O)N3Cc4ccc(OCCN5CCCCC5)cc4C3)cc12. The molecule has 7 nitrogen and oxygen atoms in total. The molecule has 192 valence electrons. The average molecular weight is 499 g/mol. The molecule has 2 N–H and O–H groups in total. The Kier molecular flexibility index (Phi) is 6.83. The number of likely N-dealkylation sites (tertiary alicyclic amines) is 1. The Morgan fingerprint density at radius 1 is 1.14 bits per heavy atom. The molecule has 0 radical (unpaired) electrons. The number of aromatic hydroxyl groups is 1. The predicted molar refractivity (Wildman–Crippen MR) is 133 cm³/mol. The summed E-state index contributed by atoms with van der Waals surface area (Å²) < 4.78 is 32.7. The zero-order valence-electron chi connectivity index (χ0n) is 20.5. The lowest BCUT2D eigenvalue weighted by Gasteiger charge is -2.26. The first-order valence-corrected chi connectivity index (χ1v) is 12.6. The molecule has 2 aliphatic heterocycles. The molecule has 0 saturated carbocycles. The fourth-order valence-electron chi connectivity index (χ4n) is 5.06. The summed E-state index contributed by atoms with van der Waals surface area (Å²) in [5.74, 6) is -2.49. The number of fused-ring (bicyclic) bond motifs is 2. The average Bonchev–Trinajstić information content (AvgIpc) is 3.45. The smallest absolute Gasteiger partial charge is 0.258 e. The molecule has 36 heavy (non-hydrogen) atoms. The molecule has 5 rings (SSSR count). The van der Waals surface area contributed by atoms with Gasteiger partial charge in [-0.3, -0.25) is 14.8 Å². The van der Waals surface area contributed by atoms with Crippen molar-refractivity contribution >= 4 is 16.8 Å². The Balaban J connectivity index is 1.25. The minimum Gasteiger partial charge on any atom is -0.507 e.